The van der Waals surface area contributed by atoms with E-state index in [4.69, 9.17) is 14.2 Å². The maximum absolute atomic E-state index is 14.9. The van der Waals surface area contributed by atoms with Crippen LogP contribution in [0.2, 0.25) is 0 Å². The molecule has 0 radical (unpaired) electrons. The lowest BCUT2D eigenvalue weighted by Gasteiger charge is -2.17. The fourth-order valence-corrected chi connectivity index (χ4v) is 4.83. The third kappa shape index (κ3) is 4.78. The summed E-state index contributed by atoms with van der Waals surface area (Å²) in [7, 11) is 1.58. The van der Waals surface area contributed by atoms with Crippen molar-refractivity contribution in [2.45, 2.75) is 38.2 Å². The van der Waals surface area contributed by atoms with Crippen molar-refractivity contribution < 1.29 is 28.2 Å². The molecule has 2 aliphatic rings. The molecule has 1 fully saturated rings. The van der Waals surface area contributed by atoms with Crippen LogP contribution in [0.5, 0.6) is 17.2 Å². The summed E-state index contributed by atoms with van der Waals surface area (Å²) in [4.78, 5) is 23.7. The van der Waals surface area contributed by atoms with E-state index in [0.29, 0.717) is 47.8 Å². The summed E-state index contributed by atoms with van der Waals surface area (Å²) >= 11 is 0. The van der Waals surface area contributed by atoms with Crippen molar-refractivity contribution in [2.75, 3.05) is 13.7 Å². The van der Waals surface area contributed by atoms with Crippen LogP contribution in [0, 0.1) is 11.7 Å². The topological polar surface area (TPSA) is 73.9 Å². The van der Waals surface area contributed by atoms with Gasteiger partial charge in [-0.3, -0.25) is 9.59 Å². The highest BCUT2D eigenvalue weighted by Crippen LogP contribution is 2.49. The maximum atomic E-state index is 14.9. The van der Waals surface area contributed by atoms with Crippen molar-refractivity contribution in [3.8, 4) is 17.2 Å². The molecule has 7 heteroatoms. The number of ether oxygens (including phenoxy) is 3. The van der Waals surface area contributed by atoms with E-state index >= 15 is 0 Å². The van der Waals surface area contributed by atoms with E-state index in [2.05, 4.69) is 5.32 Å². The third-order valence-corrected chi connectivity index (χ3v) is 6.78. The Morgan fingerprint density at radius 2 is 1.72 bits per heavy atom. The zero-order valence-corrected chi connectivity index (χ0v) is 20.3. The summed E-state index contributed by atoms with van der Waals surface area (Å²) in [5, 5.41) is 2.58. The summed E-state index contributed by atoms with van der Waals surface area (Å²) in [6.45, 7) is 2.21. The van der Waals surface area contributed by atoms with Crippen LogP contribution in [0.15, 0.2) is 60.7 Å². The molecule has 5 rings (SSSR count). The molecule has 36 heavy (non-hydrogen) atoms. The first kappa shape index (κ1) is 23.9. The number of rotatable bonds is 8. The molecule has 6 nitrogen and oxygen atoms in total. The number of esters is 1. The van der Waals surface area contributed by atoms with Crippen LogP contribution in [0.4, 0.5) is 4.39 Å². The Morgan fingerprint density at radius 1 is 1.00 bits per heavy atom. The Kier molecular flexibility index (Phi) is 6.63. The van der Waals surface area contributed by atoms with Crippen LogP contribution in [0.1, 0.15) is 58.8 Å². The summed E-state index contributed by atoms with van der Waals surface area (Å²) in [5.41, 5.74) is 2.92. The predicted molar refractivity (Wildman–Crippen MR) is 132 cm³/mol. The molecule has 1 saturated carbocycles. The van der Waals surface area contributed by atoms with Gasteiger partial charge in [0, 0.05) is 23.7 Å². The van der Waals surface area contributed by atoms with Gasteiger partial charge in [-0.05, 0) is 86.2 Å². The van der Waals surface area contributed by atoms with Crippen molar-refractivity contribution in [3.63, 3.8) is 0 Å². The smallest absolute Gasteiger partial charge is 0.309 e. The largest absolute Gasteiger partial charge is 0.486 e. The molecule has 3 aromatic carbocycles. The zero-order chi connectivity index (χ0) is 25.2. The third-order valence-electron chi connectivity index (χ3n) is 6.78. The van der Waals surface area contributed by atoms with Crippen LogP contribution < -0.4 is 14.8 Å². The average molecular weight is 490 g/mol. The van der Waals surface area contributed by atoms with E-state index < -0.39 is 6.10 Å². The highest BCUT2D eigenvalue weighted by Gasteiger charge is 2.45. The number of amides is 1. The molecule has 3 aromatic rings. The second-order valence-electron chi connectivity index (χ2n) is 9.06. The first-order valence-corrected chi connectivity index (χ1v) is 12.2. The fourth-order valence-electron chi connectivity index (χ4n) is 4.83. The summed E-state index contributed by atoms with van der Waals surface area (Å²) in [5.74, 6) is 1.30. The van der Waals surface area contributed by atoms with Gasteiger partial charge in [0.1, 0.15) is 29.2 Å². The second-order valence-corrected chi connectivity index (χ2v) is 9.06. The minimum Gasteiger partial charge on any atom is -0.486 e. The second kappa shape index (κ2) is 10.0. The molecule has 1 N–H and O–H groups in total. The lowest BCUT2D eigenvalue weighted by molar-refractivity contribution is -0.144. The molecule has 0 spiro atoms. The fraction of sp³-hybridized carbons (Fsp3) is 0.310. The zero-order valence-electron chi connectivity index (χ0n) is 20.3. The van der Waals surface area contributed by atoms with Crippen LogP contribution in [-0.4, -0.2) is 25.5 Å². The first-order valence-electron chi connectivity index (χ1n) is 12.2. The van der Waals surface area contributed by atoms with E-state index in [9.17, 15) is 14.0 Å². The molecule has 0 heterocycles. The summed E-state index contributed by atoms with van der Waals surface area (Å²) < 4.78 is 32.2. The van der Waals surface area contributed by atoms with Gasteiger partial charge in [0.2, 0.25) is 0 Å². The van der Waals surface area contributed by atoms with Crippen molar-refractivity contribution >= 4 is 11.9 Å². The van der Waals surface area contributed by atoms with E-state index in [1.165, 1.54) is 6.07 Å². The van der Waals surface area contributed by atoms with Gasteiger partial charge in [0.05, 0.1) is 12.5 Å². The molecule has 186 valence electrons. The SMILES string of the molecule is CCOC(=O)[C@H]1C[C@@H]1c1ccc(O[C@@H]2CCc3c(Oc4ccc(C(=O)NC)cc4)ccc(F)c32)cc1. The minimum atomic E-state index is -0.418. The monoisotopic (exact) mass is 489 g/mol. The highest BCUT2D eigenvalue weighted by molar-refractivity contribution is 5.94. The molecular formula is C29H28FNO5. The van der Waals surface area contributed by atoms with Gasteiger partial charge < -0.3 is 19.5 Å². The Hall–Kier alpha value is -3.87. The summed E-state index contributed by atoms with van der Waals surface area (Å²) in [6, 6.07) is 17.5. The number of halogens is 1. The quantitative estimate of drug-likeness (QED) is 0.410. The van der Waals surface area contributed by atoms with Crippen molar-refractivity contribution in [2.24, 2.45) is 5.92 Å². The van der Waals surface area contributed by atoms with E-state index in [-0.39, 0.29) is 29.5 Å². The molecule has 0 bridgehead atoms. The Balaban J connectivity index is 1.27. The minimum absolute atomic E-state index is 0.0639. The number of benzene rings is 3. The number of carbonyl (C=O) groups is 2. The van der Waals surface area contributed by atoms with Crippen LogP contribution in [0.3, 0.4) is 0 Å². The van der Waals surface area contributed by atoms with Crippen molar-refractivity contribution in [1.29, 1.82) is 0 Å². The normalized spacial score (nSPS) is 19.8. The standard InChI is InChI=1S/C29H28FNO5/c1-3-34-29(33)23-16-22(23)17-4-8-20(9-5-17)36-26-14-12-21-25(15-13-24(30)27(21)26)35-19-10-6-18(7-11-19)28(32)31-2/h4-11,13,15,22-23,26H,3,12,14,16H2,1-2H3,(H,31,32)/t22-,23+,26-/m1/s1. The van der Waals surface area contributed by atoms with Crippen molar-refractivity contribution in [1.82, 2.24) is 5.32 Å². The molecule has 3 atom stereocenters. The molecular weight excluding hydrogens is 461 g/mol. The van der Waals surface area contributed by atoms with Gasteiger partial charge in [0.25, 0.3) is 5.91 Å². The molecule has 0 unspecified atom stereocenters. The molecule has 0 aliphatic heterocycles. The average Bonchev–Trinajstić information content (AvgIpc) is 3.59. The number of carbonyl (C=O) groups excluding carboxylic acids is 2. The number of fused-ring (bicyclic) bond motifs is 1. The summed E-state index contributed by atoms with van der Waals surface area (Å²) in [6.07, 6.45) is 1.65. The van der Waals surface area contributed by atoms with E-state index in [1.807, 2.05) is 31.2 Å². The van der Waals surface area contributed by atoms with Gasteiger partial charge in [-0.15, -0.1) is 0 Å². The first-order chi connectivity index (χ1) is 17.5. The predicted octanol–water partition coefficient (Wildman–Crippen LogP) is 5.71. The number of hydrogen-bond donors (Lipinski definition) is 1. The van der Waals surface area contributed by atoms with Gasteiger partial charge in [-0.1, -0.05) is 12.1 Å². The molecule has 1 amide bonds. The Labute approximate surface area is 209 Å². The van der Waals surface area contributed by atoms with Gasteiger partial charge in [-0.2, -0.15) is 0 Å². The van der Waals surface area contributed by atoms with Crippen molar-refractivity contribution in [3.05, 3.63) is 88.7 Å². The van der Waals surface area contributed by atoms with Crippen LogP contribution in [0.25, 0.3) is 0 Å². The van der Waals surface area contributed by atoms with Gasteiger partial charge in [0.15, 0.2) is 0 Å². The van der Waals surface area contributed by atoms with Crippen LogP contribution in [-0.2, 0) is 16.0 Å². The lowest BCUT2D eigenvalue weighted by Crippen LogP contribution is -2.17. The maximum Gasteiger partial charge on any atom is 0.309 e. The molecule has 0 aromatic heterocycles. The van der Waals surface area contributed by atoms with Crippen LogP contribution >= 0.6 is 0 Å². The Bertz CT molecular complexity index is 1270. The van der Waals surface area contributed by atoms with E-state index in [1.54, 1.807) is 37.4 Å². The lowest BCUT2D eigenvalue weighted by atomic mass is 10.1. The number of nitrogens with one attached hydrogen (secondary N) is 1. The molecule has 0 saturated heterocycles. The number of hydrogen-bond acceptors (Lipinski definition) is 5. The van der Waals surface area contributed by atoms with E-state index in [0.717, 1.165) is 17.5 Å². The highest BCUT2D eigenvalue weighted by atomic mass is 19.1. The molecule has 2 aliphatic carbocycles. The van der Waals surface area contributed by atoms with Gasteiger partial charge >= 0.3 is 5.97 Å². The Morgan fingerprint density at radius 3 is 2.42 bits per heavy atom. The van der Waals surface area contributed by atoms with Gasteiger partial charge in [-0.25, -0.2) is 4.39 Å².